The van der Waals surface area contributed by atoms with Gasteiger partial charge in [-0.1, -0.05) is 12.1 Å². The third kappa shape index (κ3) is 13.1. The first-order chi connectivity index (χ1) is 10.5. The molecule has 0 bridgehead atoms. The Morgan fingerprint density at radius 2 is 1.23 bits per heavy atom. The van der Waals surface area contributed by atoms with Crippen LogP contribution in [-0.4, -0.2) is 60.1 Å². The Morgan fingerprint density at radius 1 is 0.846 bits per heavy atom. The molecule has 0 aliphatic carbocycles. The Balaban J connectivity index is -0.0000000562. The Kier molecular flexibility index (Phi) is 20.4. The number of benzene rings is 1. The van der Waals surface area contributed by atoms with Crippen LogP contribution >= 0.6 is 0 Å². The molecule has 1 aromatic rings. The number of aromatic hydroxyl groups is 1. The van der Waals surface area contributed by atoms with Gasteiger partial charge in [0.2, 0.25) is 0 Å². The first-order valence-electron chi connectivity index (χ1n) is 5.90. The molecule has 10 nitrogen and oxygen atoms in total. The largest absolute Gasteiger partial charge is 1.00 e. The van der Waals surface area contributed by atoms with E-state index in [1.807, 2.05) is 0 Å². The Bertz CT molecular complexity index is 618. The number of carboxylic acid groups (broad SMARTS) is 4. The molecule has 0 radical (unpaired) electrons. The normalized spacial score (nSPS) is 8.96. The summed E-state index contributed by atoms with van der Waals surface area (Å²) < 4.78 is 0. The Hall–Kier alpha value is -0.140. The molecule has 132 valence electrons. The number of aliphatic carboxylic acids is 3. The number of phenols is 1. The number of aromatic carboxylic acids is 1. The zero-order valence-electron chi connectivity index (χ0n) is 17.5. The monoisotopic (exact) mass is 402 g/mol. The molecule has 0 heterocycles. The van der Waals surface area contributed by atoms with E-state index < -0.39 is 42.3 Å². The van der Waals surface area contributed by atoms with Gasteiger partial charge in [0.15, 0.2) is 5.60 Å². The van der Waals surface area contributed by atoms with Crippen molar-refractivity contribution in [3.63, 3.8) is 0 Å². The van der Waals surface area contributed by atoms with Gasteiger partial charge < -0.3 is 34.9 Å². The molecule has 0 spiro atoms. The standard InChI is InChI=1S/C7H6O3.C6H8O7.3Na.3H/c8-6-4-2-1-3-5(6)7(9)10;7-3(8)1-6(13,5(11)12)2-4(9)10;;;;;;/h1-4,8H,(H,9,10);13H,1-2H2,(H,7,8)(H,9,10)(H,11,12);;;;;;/q;;3*+1;3*-1. The summed E-state index contributed by atoms with van der Waals surface area (Å²) in [5.74, 6) is -6.33. The van der Waals surface area contributed by atoms with Crippen molar-refractivity contribution in [1.29, 1.82) is 0 Å². The number of rotatable bonds is 6. The van der Waals surface area contributed by atoms with E-state index in [9.17, 15) is 19.2 Å². The first kappa shape index (κ1) is 33.4. The van der Waals surface area contributed by atoms with Gasteiger partial charge in [-0.15, -0.1) is 0 Å². The van der Waals surface area contributed by atoms with E-state index in [1.165, 1.54) is 12.1 Å². The number of aliphatic hydroxyl groups is 1. The average Bonchev–Trinajstić information content (AvgIpc) is 2.37. The third-order valence-electron chi connectivity index (χ3n) is 2.42. The average molecular weight is 402 g/mol. The number of carbonyl (C=O) groups is 4. The number of hydrogen-bond donors (Lipinski definition) is 6. The van der Waals surface area contributed by atoms with E-state index in [0.717, 1.165) is 0 Å². The van der Waals surface area contributed by atoms with Crippen LogP contribution in [0.25, 0.3) is 0 Å². The molecule has 1 rings (SSSR count). The van der Waals surface area contributed by atoms with Crippen LogP contribution in [0.2, 0.25) is 0 Å². The fourth-order valence-electron chi connectivity index (χ4n) is 1.37. The van der Waals surface area contributed by atoms with Crippen LogP contribution in [0.3, 0.4) is 0 Å². The minimum atomic E-state index is -2.74. The topological polar surface area (TPSA) is 190 Å². The second-order valence-electron chi connectivity index (χ2n) is 4.30. The van der Waals surface area contributed by atoms with E-state index in [2.05, 4.69) is 0 Å². The predicted octanol–water partition coefficient (Wildman–Crippen LogP) is -8.81. The predicted molar refractivity (Wildman–Crippen MR) is 75.5 cm³/mol. The summed E-state index contributed by atoms with van der Waals surface area (Å²) in [7, 11) is 0. The summed E-state index contributed by atoms with van der Waals surface area (Å²) >= 11 is 0. The second-order valence-corrected chi connectivity index (χ2v) is 4.30. The molecule has 0 unspecified atom stereocenters. The van der Waals surface area contributed by atoms with Crippen molar-refractivity contribution in [3.8, 4) is 5.75 Å². The van der Waals surface area contributed by atoms with Crippen LogP contribution in [-0.2, 0) is 14.4 Å². The molecule has 13 heteroatoms. The van der Waals surface area contributed by atoms with E-state index in [1.54, 1.807) is 12.1 Å². The number of hydrogen-bond acceptors (Lipinski definition) is 6. The van der Waals surface area contributed by atoms with E-state index >= 15 is 0 Å². The maximum Gasteiger partial charge on any atom is 1.00 e. The van der Waals surface area contributed by atoms with Crippen LogP contribution in [0, 0.1) is 0 Å². The quantitative estimate of drug-likeness (QED) is 0.249. The molecule has 0 saturated heterocycles. The van der Waals surface area contributed by atoms with Gasteiger partial charge in [0.25, 0.3) is 0 Å². The molecule has 0 atom stereocenters. The number of para-hydroxylation sites is 1. The number of carboxylic acids is 4. The van der Waals surface area contributed by atoms with E-state index in [-0.39, 0.29) is 104 Å². The Labute approximate surface area is 218 Å². The minimum absolute atomic E-state index is 0. The second kappa shape index (κ2) is 15.9. The summed E-state index contributed by atoms with van der Waals surface area (Å²) in [6, 6.07) is 5.81. The van der Waals surface area contributed by atoms with Crippen molar-refractivity contribution >= 4 is 23.9 Å². The van der Waals surface area contributed by atoms with Gasteiger partial charge >= 0.3 is 113 Å². The summed E-state index contributed by atoms with van der Waals surface area (Å²) in [5.41, 5.74) is -2.81. The van der Waals surface area contributed by atoms with Crippen molar-refractivity contribution in [1.82, 2.24) is 0 Å². The third-order valence-corrected chi connectivity index (χ3v) is 2.42. The minimum Gasteiger partial charge on any atom is -1.00 e. The molecular formula is C13H17Na3O10. The van der Waals surface area contributed by atoms with Crippen LogP contribution in [0.1, 0.15) is 27.5 Å². The van der Waals surface area contributed by atoms with Gasteiger partial charge in [0, 0.05) is 0 Å². The SMILES string of the molecule is O=C(O)CC(O)(CC(=O)O)C(=O)O.O=C(O)c1ccccc1O.[H-].[H-].[H-].[Na+].[Na+].[Na+]. The van der Waals surface area contributed by atoms with Crippen molar-refractivity contribution in [3.05, 3.63) is 29.8 Å². The van der Waals surface area contributed by atoms with Crippen LogP contribution in [0.15, 0.2) is 24.3 Å². The summed E-state index contributed by atoms with van der Waals surface area (Å²) in [6.45, 7) is 0. The van der Waals surface area contributed by atoms with Crippen LogP contribution in [0.5, 0.6) is 5.75 Å². The maximum atomic E-state index is 10.3. The van der Waals surface area contributed by atoms with Gasteiger partial charge in [-0.25, -0.2) is 9.59 Å². The fourth-order valence-corrected chi connectivity index (χ4v) is 1.37. The van der Waals surface area contributed by atoms with Crippen molar-refractivity contribution in [2.75, 3.05) is 0 Å². The van der Waals surface area contributed by atoms with Crippen molar-refractivity contribution in [2.45, 2.75) is 18.4 Å². The zero-order valence-corrected chi connectivity index (χ0v) is 20.5. The maximum absolute atomic E-state index is 10.3. The molecule has 0 fully saturated rings. The smallest absolute Gasteiger partial charge is 1.00 e. The summed E-state index contributed by atoms with van der Waals surface area (Å²) in [5, 5.41) is 51.1. The van der Waals surface area contributed by atoms with Gasteiger partial charge in [-0.05, 0) is 12.1 Å². The van der Waals surface area contributed by atoms with Gasteiger partial charge in [-0.3, -0.25) is 9.59 Å². The molecule has 26 heavy (non-hydrogen) atoms. The van der Waals surface area contributed by atoms with Gasteiger partial charge in [0.05, 0.1) is 12.8 Å². The van der Waals surface area contributed by atoms with Crippen molar-refractivity contribution in [2.24, 2.45) is 0 Å². The molecule has 1 aromatic carbocycles. The summed E-state index contributed by atoms with van der Waals surface area (Å²) in [6.07, 6.45) is -2.29. The van der Waals surface area contributed by atoms with Crippen LogP contribution in [0.4, 0.5) is 0 Å². The molecule has 0 amide bonds. The molecular weight excluding hydrogens is 385 g/mol. The van der Waals surface area contributed by atoms with Gasteiger partial charge in [-0.2, -0.15) is 0 Å². The van der Waals surface area contributed by atoms with E-state index in [0.29, 0.717) is 0 Å². The van der Waals surface area contributed by atoms with E-state index in [4.69, 9.17) is 30.6 Å². The molecule has 0 aliphatic rings. The molecule has 6 N–H and O–H groups in total. The Morgan fingerprint density at radius 3 is 1.46 bits per heavy atom. The zero-order chi connectivity index (χ0) is 18.2. The van der Waals surface area contributed by atoms with Crippen molar-refractivity contribution < 1.29 is 143 Å². The van der Waals surface area contributed by atoms with Gasteiger partial charge in [0.1, 0.15) is 11.3 Å². The first-order valence-corrected chi connectivity index (χ1v) is 5.90. The molecule has 0 saturated carbocycles. The molecule has 0 aromatic heterocycles. The fraction of sp³-hybridized carbons (Fsp3) is 0.231. The molecule has 0 aliphatic heterocycles. The summed E-state index contributed by atoms with van der Waals surface area (Å²) in [4.78, 5) is 40.7. The van der Waals surface area contributed by atoms with Crippen LogP contribution < -0.4 is 88.7 Å².